The Balaban J connectivity index is 2.95. The van der Waals surface area contributed by atoms with Gasteiger partial charge >= 0.3 is 13.6 Å². The zero-order chi connectivity index (χ0) is 15.2. The smallest absolute Gasteiger partial charge is 0.323 e. The van der Waals surface area contributed by atoms with Gasteiger partial charge in [-0.05, 0) is 5.56 Å². The molecule has 20 heavy (non-hydrogen) atoms. The number of hydrogen-bond donors (Lipinski definition) is 3. The number of alkyl halides is 1. The van der Waals surface area contributed by atoms with Crippen LogP contribution in [0.25, 0.3) is 0 Å². The molecule has 10 heteroatoms. The topological polar surface area (TPSA) is 119 Å². The van der Waals surface area contributed by atoms with E-state index in [1.165, 1.54) is 12.1 Å². The van der Waals surface area contributed by atoms with E-state index < -0.39 is 19.4 Å². The molecule has 0 heterocycles. The lowest BCUT2D eigenvalue weighted by Crippen LogP contribution is -2.39. The molecule has 110 valence electrons. The summed E-state index contributed by atoms with van der Waals surface area (Å²) in [5.41, 5.74) is 0.214. The summed E-state index contributed by atoms with van der Waals surface area (Å²) in [6, 6.07) is 6.67. The summed E-state index contributed by atoms with van der Waals surface area (Å²) >= 11 is 5.39. The highest BCUT2D eigenvalue weighted by molar-refractivity contribution is 7.52. The molecule has 0 saturated carbocycles. The number of nitroso groups, excluding NO2 is 1. The monoisotopic (exact) mass is 321 g/mol. The van der Waals surface area contributed by atoms with Crippen LogP contribution in [0.5, 0.6) is 0 Å². The molecule has 0 aliphatic carbocycles. The summed E-state index contributed by atoms with van der Waals surface area (Å²) in [7, 11) is -4.66. The molecule has 1 unspecified atom stereocenters. The summed E-state index contributed by atoms with van der Waals surface area (Å²) in [4.78, 5) is 40.8. The van der Waals surface area contributed by atoms with Gasteiger partial charge in [0.2, 0.25) is 0 Å². The Morgan fingerprint density at radius 3 is 2.45 bits per heavy atom. The molecule has 0 radical (unpaired) electrons. The predicted molar refractivity (Wildman–Crippen MR) is 73.0 cm³/mol. The lowest BCUT2D eigenvalue weighted by molar-refractivity contribution is 0.199. The van der Waals surface area contributed by atoms with E-state index in [9.17, 15) is 24.1 Å². The Bertz CT molecular complexity index is 509. The molecule has 1 rings (SSSR count). The van der Waals surface area contributed by atoms with Crippen molar-refractivity contribution in [1.29, 1.82) is 0 Å². The predicted octanol–water partition coefficient (Wildman–Crippen LogP) is 1.79. The summed E-state index contributed by atoms with van der Waals surface area (Å²) in [6.07, 6.45) is 0. The van der Waals surface area contributed by atoms with Crippen LogP contribution in [-0.2, 0) is 4.57 Å². The first-order valence-electron chi connectivity index (χ1n) is 5.47. The summed E-state index contributed by atoms with van der Waals surface area (Å²) in [6.45, 7) is -0.167. The van der Waals surface area contributed by atoms with Crippen molar-refractivity contribution in [1.82, 2.24) is 10.3 Å². The van der Waals surface area contributed by atoms with Gasteiger partial charge in [-0.3, -0.25) is 4.57 Å². The van der Waals surface area contributed by atoms with Crippen molar-refractivity contribution < 1.29 is 19.1 Å². The average Bonchev–Trinajstić information content (AvgIpc) is 2.41. The lowest BCUT2D eigenvalue weighted by atomic mass is 10.2. The SMILES string of the molecule is O=NN(CCCl)C(=O)NC(c1ccccc1)P(=O)(O)O. The zero-order valence-corrected chi connectivity index (χ0v) is 11.9. The molecule has 3 N–H and O–H groups in total. The minimum absolute atomic E-state index is 0.0366. The van der Waals surface area contributed by atoms with E-state index in [1.807, 2.05) is 0 Å². The molecule has 1 aromatic carbocycles. The highest BCUT2D eigenvalue weighted by Crippen LogP contribution is 2.49. The second kappa shape index (κ2) is 7.35. The molecular weight excluding hydrogens is 309 g/mol. The van der Waals surface area contributed by atoms with Gasteiger partial charge in [-0.25, -0.2) is 4.79 Å². The number of carbonyl (C=O) groups excluding carboxylic acids is 1. The van der Waals surface area contributed by atoms with Gasteiger partial charge in [-0.2, -0.15) is 5.01 Å². The number of urea groups is 1. The van der Waals surface area contributed by atoms with Crippen LogP contribution in [0.1, 0.15) is 11.3 Å². The van der Waals surface area contributed by atoms with Crippen LogP contribution >= 0.6 is 19.2 Å². The molecule has 0 aliphatic heterocycles. The van der Waals surface area contributed by atoms with Gasteiger partial charge in [0.1, 0.15) is 0 Å². The molecular formula is C10H13ClN3O5P. The van der Waals surface area contributed by atoms with Crippen LogP contribution < -0.4 is 5.32 Å². The van der Waals surface area contributed by atoms with Gasteiger partial charge in [0.25, 0.3) is 0 Å². The van der Waals surface area contributed by atoms with E-state index >= 15 is 0 Å². The number of nitrogens with zero attached hydrogens (tertiary/aromatic N) is 2. The molecule has 1 aromatic rings. The minimum atomic E-state index is -4.66. The van der Waals surface area contributed by atoms with Crippen LogP contribution in [0.15, 0.2) is 35.6 Å². The fourth-order valence-corrected chi connectivity index (χ4v) is 2.45. The maximum absolute atomic E-state index is 11.7. The zero-order valence-electron chi connectivity index (χ0n) is 10.2. The summed E-state index contributed by atoms with van der Waals surface area (Å²) in [5, 5.41) is 4.98. The number of hydrogen-bond acceptors (Lipinski definition) is 4. The first kappa shape index (κ1) is 16.6. The largest absolute Gasteiger partial charge is 0.352 e. The number of amides is 2. The maximum Gasteiger partial charge on any atom is 0.352 e. The summed E-state index contributed by atoms with van der Waals surface area (Å²) in [5.74, 6) is -1.60. The van der Waals surface area contributed by atoms with E-state index in [0.717, 1.165) is 0 Å². The lowest BCUT2D eigenvalue weighted by Gasteiger charge is -2.22. The van der Waals surface area contributed by atoms with Crippen molar-refractivity contribution in [3.05, 3.63) is 40.8 Å². The van der Waals surface area contributed by atoms with Crippen LogP contribution in [0.4, 0.5) is 4.79 Å². The maximum atomic E-state index is 11.7. The molecule has 0 aliphatic rings. The first-order valence-corrected chi connectivity index (χ1v) is 7.69. The third kappa shape index (κ3) is 4.57. The van der Waals surface area contributed by atoms with Gasteiger partial charge < -0.3 is 15.1 Å². The van der Waals surface area contributed by atoms with E-state index in [-0.39, 0.29) is 18.0 Å². The normalized spacial score (nSPS) is 12.6. The number of carbonyl (C=O) groups is 1. The highest BCUT2D eigenvalue weighted by Gasteiger charge is 2.33. The van der Waals surface area contributed by atoms with Crippen LogP contribution in [-0.4, -0.2) is 33.3 Å². The van der Waals surface area contributed by atoms with Crippen molar-refractivity contribution in [2.24, 2.45) is 5.29 Å². The minimum Gasteiger partial charge on any atom is -0.323 e. The fourth-order valence-electron chi connectivity index (χ4n) is 1.45. The van der Waals surface area contributed by atoms with Gasteiger partial charge in [0.05, 0.1) is 11.8 Å². The summed E-state index contributed by atoms with van der Waals surface area (Å²) < 4.78 is 11.5. The van der Waals surface area contributed by atoms with Crippen molar-refractivity contribution in [3.63, 3.8) is 0 Å². The number of rotatable bonds is 6. The standard InChI is InChI=1S/C10H13ClN3O5P/c11-6-7-14(13-16)10(15)12-9(20(17,18)19)8-4-2-1-3-5-8/h1-5,9H,6-7H2,(H,12,15)(H2,17,18,19). The van der Waals surface area contributed by atoms with Crippen molar-refractivity contribution in [3.8, 4) is 0 Å². The molecule has 0 bridgehead atoms. The quantitative estimate of drug-likeness (QED) is 0.319. The molecule has 8 nitrogen and oxygen atoms in total. The van der Waals surface area contributed by atoms with Crippen LogP contribution in [0.2, 0.25) is 0 Å². The van der Waals surface area contributed by atoms with E-state index in [4.69, 9.17) is 11.6 Å². The Kier molecular flexibility index (Phi) is 6.09. The van der Waals surface area contributed by atoms with Gasteiger partial charge in [-0.15, -0.1) is 16.5 Å². The van der Waals surface area contributed by atoms with Crippen molar-refractivity contribution in [2.45, 2.75) is 5.78 Å². The number of nitrogens with one attached hydrogen (secondary N) is 1. The second-order valence-electron chi connectivity index (χ2n) is 3.75. The van der Waals surface area contributed by atoms with Crippen molar-refractivity contribution >= 4 is 25.2 Å². The van der Waals surface area contributed by atoms with Crippen LogP contribution in [0, 0.1) is 4.91 Å². The van der Waals surface area contributed by atoms with E-state index in [1.54, 1.807) is 18.2 Å². The average molecular weight is 322 g/mol. The number of benzene rings is 1. The molecule has 0 fully saturated rings. The van der Waals surface area contributed by atoms with Gasteiger partial charge in [0.15, 0.2) is 5.78 Å². The Hall–Kier alpha value is -1.47. The molecule has 0 aromatic heterocycles. The Morgan fingerprint density at radius 2 is 2.00 bits per heavy atom. The fraction of sp³-hybridized carbons (Fsp3) is 0.300. The first-order chi connectivity index (χ1) is 9.40. The molecule has 1 atom stereocenters. The van der Waals surface area contributed by atoms with E-state index in [2.05, 4.69) is 10.6 Å². The molecule has 0 spiro atoms. The Labute approximate surface area is 119 Å². The second-order valence-corrected chi connectivity index (χ2v) is 5.82. The molecule has 0 saturated heterocycles. The van der Waals surface area contributed by atoms with Crippen molar-refractivity contribution in [2.75, 3.05) is 12.4 Å². The molecule has 2 amide bonds. The third-order valence-corrected chi connectivity index (χ3v) is 3.61. The van der Waals surface area contributed by atoms with Gasteiger partial charge in [-0.1, -0.05) is 30.3 Å². The van der Waals surface area contributed by atoms with Gasteiger partial charge in [0, 0.05) is 5.88 Å². The number of halogens is 1. The Morgan fingerprint density at radius 1 is 1.40 bits per heavy atom. The van der Waals surface area contributed by atoms with E-state index in [0.29, 0.717) is 5.01 Å². The third-order valence-electron chi connectivity index (χ3n) is 2.34. The van der Waals surface area contributed by atoms with Crippen LogP contribution in [0.3, 0.4) is 0 Å². The highest BCUT2D eigenvalue weighted by atomic mass is 35.5.